The van der Waals surface area contributed by atoms with E-state index in [4.69, 9.17) is 15.6 Å². The summed E-state index contributed by atoms with van der Waals surface area (Å²) in [4.78, 5) is 13.2. The second kappa shape index (κ2) is 7.13. The van der Waals surface area contributed by atoms with Crippen LogP contribution >= 0.6 is 11.3 Å². The summed E-state index contributed by atoms with van der Waals surface area (Å²) in [7, 11) is 1.66. The molecule has 0 spiro atoms. The summed E-state index contributed by atoms with van der Waals surface area (Å²) in [6, 6.07) is 0. The van der Waals surface area contributed by atoms with Gasteiger partial charge in [0.1, 0.15) is 16.5 Å². The second-order valence-electron chi connectivity index (χ2n) is 4.98. The molecule has 21 heavy (non-hydrogen) atoms. The summed E-state index contributed by atoms with van der Waals surface area (Å²) < 4.78 is 5.08. The van der Waals surface area contributed by atoms with E-state index >= 15 is 0 Å². The van der Waals surface area contributed by atoms with Gasteiger partial charge in [-0.25, -0.2) is 9.97 Å². The van der Waals surface area contributed by atoms with Crippen LogP contribution in [0.1, 0.15) is 16.3 Å². The standard InChI is InChI=1S/C14H22N4O2S/c1-9-10(2)21-14-12(9)13(15)16-11(17-14)8-18(4-6-19)5-7-20-3/h19H,4-8H2,1-3H3,(H2,15,16,17). The summed E-state index contributed by atoms with van der Waals surface area (Å²) in [5, 5.41) is 10.1. The normalized spacial score (nSPS) is 11.7. The van der Waals surface area contributed by atoms with E-state index in [0.717, 1.165) is 22.3 Å². The number of methoxy groups -OCH3 is 1. The number of aromatic nitrogens is 2. The van der Waals surface area contributed by atoms with E-state index in [1.54, 1.807) is 18.4 Å². The molecule has 0 saturated carbocycles. The molecular formula is C14H22N4O2S. The van der Waals surface area contributed by atoms with Crippen LogP contribution in [-0.4, -0.2) is 53.4 Å². The van der Waals surface area contributed by atoms with Gasteiger partial charge in [0.25, 0.3) is 0 Å². The molecule has 0 radical (unpaired) electrons. The molecule has 6 nitrogen and oxygen atoms in total. The van der Waals surface area contributed by atoms with Gasteiger partial charge in [0.2, 0.25) is 0 Å². The largest absolute Gasteiger partial charge is 0.395 e. The van der Waals surface area contributed by atoms with Crippen LogP contribution in [0.4, 0.5) is 5.82 Å². The fourth-order valence-corrected chi connectivity index (χ4v) is 3.28. The molecule has 0 saturated heterocycles. The summed E-state index contributed by atoms with van der Waals surface area (Å²) >= 11 is 1.64. The number of nitrogens with two attached hydrogens (primary N) is 1. The highest BCUT2D eigenvalue weighted by Gasteiger charge is 2.14. The van der Waals surface area contributed by atoms with Crippen LogP contribution in [0.3, 0.4) is 0 Å². The number of aliphatic hydroxyl groups is 1. The monoisotopic (exact) mass is 310 g/mol. The number of nitrogen functional groups attached to an aromatic ring is 1. The molecule has 116 valence electrons. The van der Waals surface area contributed by atoms with Gasteiger partial charge in [-0.2, -0.15) is 0 Å². The van der Waals surface area contributed by atoms with E-state index in [2.05, 4.69) is 21.8 Å². The topological polar surface area (TPSA) is 84.5 Å². The molecule has 0 aliphatic carbocycles. The van der Waals surface area contributed by atoms with E-state index < -0.39 is 0 Å². The fraction of sp³-hybridized carbons (Fsp3) is 0.571. The Labute approximate surface area is 128 Å². The SMILES string of the molecule is COCCN(CCO)Cc1nc(N)c2c(C)c(C)sc2n1. The number of ether oxygens (including phenoxy) is 1. The van der Waals surface area contributed by atoms with Gasteiger partial charge in [-0.1, -0.05) is 0 Å². The maximum Gasteiger partial charge on any atom is 0.146 e. The van der Waals surface area contributed by atoms with Crippen LogP contribution in [0, 0.1) is 13.8 Å². The van der Waals surface area contributed by atoms with Gasteiger partial charge in [0.15, 0.2) is 0 Å². The molecule has 0 aliphatic rings. The lowest BCUT2D eigenvalue weighted by Gasteiger charge is -2.19. The molecule has 2 rings (SSSR count). The summed E-state index contributed by atoms with van der Waals surface area (Å²) in [6.45, 7) is 6.66. The molecule has 0 aromatic carbocycles. The Morgan fingerprint density at radius 2 is 2.05 bits per heavy atom. The molecule has 0 bridgehead atoms. The van der Waals surface area contributed by atoms with Gasteiger partial charge in [0, 0.05) is 25.1 Å². The summed E-state index contributed by atoms with van der Waals surface area (Å²) in [5.74, 6) is 1.22. The number of aryl methyl sites for hydroxylation is 2. The minimum Gasteiger partial charge on any atom is -0.395 e. The maximum absolute atomic E-state index is 9.13. The molecule has 3 N–H and O–H groups in total. The van der Waals surface area contributed by atoms with E-state index in [-0.39, 0.29) is 6.61 Å². The second-order valence-corrected chi connectivity index (χ2v) is 6.18. The molecule has 7 heteroatoms. The number of hydrogen-bond acceptors (Lipinski definition) is 7. The van der Waals surface area contributed by atoms with Crippen LogP contribution in [0.2, 0.25) is 0 Å². The number of thiophene rings is 1. The van der Waals surface area contributed by atoms with Crippen molar-refractivity contribution in [2.24, 2.45) is 0 Å². The average Bonchev–Trinajstić information content (AvgIpc) is 2.72. The van der Waals surface area contributed by atoms with Gasteiger partial charge >= 0.3 is 0 Å². The minimum absolute atomic E-state index is 0.0959. The lowest BCUT2D eigenvalue weighted by atomic mass is 10.2. The van der Waals surface area contributed by atoms with Crippen molar-refractivity contribution in [1.82, 2.24) is 14.9 Å². The van der Waals surface area contributed by atoms with E-state index in [1.807, 2.05) is 6.92 Å². The Bertz CT molecular complexity index is 615. The molecule has 0 fully saturated rings. The first-order valence-corrected chi connectivity index (χ1v) is 7.72. The third-order valence-corrected chi connectivity index (χ3v) is 4.60. The average molecular weight is 310 g/mol. The number of rotatable bonds is 7. The van der Waals surface area contributed by atoms with Crippen molar-refractivity contribution < 1.29 is 9.84 Å². The van der Waals surface area contributed by atoms with Crippen molar-refractivity contribution >= 4 is 27.4 Å². The Morgan fingerprint density at radius 1 is 1.29 bits per heavy atom. The zero-order valence-electron chi connectivity index (χ0n) is 12.7. The molecule has 0 amide bonds. The highest BCUT2D eigenvalue weighted by Crippen LogP contribution is 2.31. The first kappa shape index (κ1) is 16.1. The van der Waals surface area contributed by atoms with Gasteiger partial charge in [-0.3, -0.25) is 4.90 Å². The Morgan fingerprint density at radius 3 is 2.71 bits per heavy atom. The van der Waals surface area contributed by atoms with Crippen molar-refractivity contribution in [3.05, 3.63) is 16.3 Å². The van der Waals surface area contributed by atoms with E-state index in [0.29, 0.717) is 31.3 Å². The highest BCUT2D eigenvalue weighted by atomic mass is 32.1. The van der Waals surface area contributed by atoms with Crippen molar-refractivity contribution in [2.45, 2.75) is 20.4 Å². The maximum atomic E-state index is 9.13. The predicted octanol–water partition coefficient (Wildman–Crippen LogP) is 1.33. The summed E-state index contributed by atoms with van der Waals surface area (Å²) in [5.41, 5.74) is 7.24. The van der Waals surface area contributed by atoms with Gasteiger partial charge < -0.3 is 15.6 Å². The number of anilines is 1. The molecule has 0 atom stereocenters. The van der Waals surface area contributed by atoms with Crippen LogP contribution in [0.25, 0.3) is 10.2 Å². The lowest BCUT2D eigenvalue weighted by Crippen LogP contribution is -2.30. The van der Waals surface area contributed by atoms with Gasteiger partial charge in [-0.15, -0.1) is 11.3 Å². The van der Waals surface area contributed by atoms with Crippen LogP contribution < -0.4 is 5.73 Å². The lowest BCUT2D eigenvalue weighted by molar-refractivity contribution is 0.125. The van der Waals surface area contributed by atoms with E-state index in [1.165, 1.54) is 4.88 Å². The zero-order chi connectivity index (χ0) is 15.4. The first-order valence-electron chi connectivity index (χ1n) is 6.91. The molecular weight excluding hydrogens is 288 g/mol. The van der Waals surface area contributed by atoms with Gasteiger partial charge in [-0.05, 0) is 19.4 Å². The number of aliphatic hydroxyl groups excluding tert-OH is 1. The zero-order valence-corrected chi connectivity index (χ0v) is 13.5. The number of hydrogen-bond donors (Lipinski definition) is 2. The van der Waals surface area contributed by atoms with Crippen molar-refractivity contribution in [3.8, 4) is 0 Å². The minimum atomic E-state index is 0.0959. The van der Waals surface area contributed by atoms with Crippen LogP contribution in [0.5, 0.6) is 0 Å². The Hall–Kier alpha value is -1.28. The first-order chi connectivity index (χ1) is 10.1. The molecule has 2 aromatic heterocycles. The molecule has 2 heterocycles. The van der Waals surface area contributed by atoms with Crippen molar-refractivity contribution in [1.29, 1.82) is 0 Å². The quantitative estimate of drug-likeness (QED) is 0.802. The number of nitrogens with zero attached hydrogens (tertiary/aromatic N) is 3. The van der Waals surface area contributed by atoms with Crippen molar-refractivity contribution in [3.63, 3.8) is 0 Å². The third-order valence-electron chi connectivity index (χ3n) is 3.50. The summed E-state index contributed by atoms with van der Waals surface area (Å²) in [6.07, 6.45) is 0. The molecule has 2 aromatic rings. The van der Waals surface area contributed by atoms with Gasteiger partial charge in [0.05, 0.1) is 25.1 Å². The number of fused-ring (bicyclic) bond motifs is 1. The van der Waals surface area contributed by atoms with Crippen LogP contribution in [-0.2, 0) is 11.3 Å². The van der Waals surface area contributed by atoms with Crippen LogP contribution in [0.15, 0.2) is 0 Å². The smallest absolute Gasteiger partial charge is 0.146 e. The fourth-order valence-electron chi connectivity index (χ4n) is 2.23. The Balaban J connectivity index is 2.25. The molecule has 0 aliphatic heterocycles. The van der Waals surface area contributed by atoms with E-state index in [9.17, 15) is 0 Å². The molecule has 0 unspecified atom stereocenters. The Kier molecular flexibility index (Phi) is 5.46. The third kappa shape index (κ3) is 3.68. The predicted molar refractivity (Wildman–Crippen MR) is 85.5 cm³/mol. The van der Waals surface area contributed by atoms with Crippen molar-refractivity contribution in [2.75, 3.05) is 39.1 Å². The highest BCUT2D eigenvalue weighted by molar-refractivity contribution is 7.18.